The number of furan rings is 1. The van der Waals surface area contributed by atoms with E-state index in [2.05, 4.69) is 37.4 Å². The quantitative estimate of drug-likeness (QED) is 0.458. The van der Waals surface area contributed by atoms with Crippen molar-refractivity contribution in [1.29, 1.82) is 0 Å². The predicted octanol–water partition coefficient (Wildman–Crippen LogP) is 2.48. The predicted molar refractivity (Wildman–Crippen MR) is 97.5 cm³/mol. The highest BCUT2D eigenvalue weighted by Gasteiger charge is 2.11. The maximum Gasteiger partial charge on any atom is 0.287 e. The normalized spacial score (nSPS) is 11.4. The molecule has 6 nitrogen and oxygen atoms in total. The third-order valence-electron chi connectivity index (χ3n) is 3.56. The lowest BCUT2D eigenvalue weighted by Gasteiger charge is -2.21. The van der Waals surface area contributed by atoms with Gasteiger partial charge < -0.3 is 20.0 Å². The largest absolute Gasteiger partial charge is 0.459 e. The van der Waals surface area contributed by atoms with E-state index in [1.54, 1.807) is 24.5 Å². The Hall–Kier alpha value is -2.28. The van der Waals surface area contributed by atoms with Gasteiger partial charge in [-0.15, -0.1) is 0 Å². The highest BCUT2D eigenvalue weighted by atomic mass is 32.1. The first-order valence-electron chi connectivity index (χ1n) is 7.87. The monoisotopic (exact) mass is 348 g/mol. The van der Waals surface area contributed by atoms with Crippen molar-refractivity contribution in [3.8, 4) is 0 Å². The lowest BCUT2D eigenvalue weighted by molar-refractivity contribution is 0.0925. The van der Waals surface area contributed by atoms with Crippen molar-refractivity contribution >= 4 is 23.2 Å². The molecule has 2 heterocycles. The fraction of sp³-hybridized carbons (Fsp3) is 0.412. The van der Waals surface area contributed by atoms with Crippen LogP contribution in [0.4, 0.5) is 0 Å². The van der Waals surface area contributed by atoms with Crippen LogP contribution in [-0.4, -0.2) is 44.0 Å². The molecule has 2 rings (SSSR count). The summed E-state index contributed by atoms with van der Waals surface area (Å²) >= 11 is 1.69. The maximum absolute atomic E-state index is 11.9. The molecule has 7 heteroatoms. The Morgan fingerprint density at radius 3 is 2.75 bits per heavy atom. The number of nitrogens with one attached hydrogen (secondary N) is 2. The van der Waals surface area contributed by atoms with Crippen molar-refractivity contribution in [3.05, 3.63) is 46.0 Å². The molecule has 0 aliphatic heterocycles. The molecule has 0 aliphatic rings. The first kappa shape index (κ1) is 18.1. The Balaban J connectivity index is 1.67. The van der Waals surface area contributed by atoms with Crippen LogP contribution < -0.4 is 10.6 Å². The van der Waals surface area contributed by atoms with E-state index < -0.39 is 0 Å². The first-order chi connectivity index (χ1) is 11.6. The van der Waals surface area contributed by atoms with Crippen molar-refractivity contribution < 1.29 is 9.21 Å². The number of nitrogens with zero attached hydrogens (tertiary/aromatic N) is 2. The van der Waals surface area contributed by atoms with E-state index in [4.69, 9.17) is 4.42 Å². The van der Waals surface area contributed by atoms with Crippen molar-refractivity contribution in [2.45, 2.75) is 19.9 Å². The molecule has 0 saturated heterocycles. The third-order valence-corrected chi connectivity index (χ3v) is 4.30. The molecule has 1 amide bonds. The van der Waals surface area contributed by atoms with Gasteiger partial charge in [0.1, 0.15) is 0 Å². The standard InChI is InChI=1S/C17H24N4O2S/c1-13-5-9-23-15(13)16(22)19-7-4-8-20-17(18-2)21(3)11-14-6-10-24-12-14/h5-6,9-10,12H,4,7-8,11H2,1-3H3,(H,18,20)(H,19,22). The van der Waals surface area contributed by atoms with E-state index in [-0.39, 0.29) is 5.91 Å². The number of amides is 1. The van der Waals surface area contributed by atoms with Gasteiger partial charge in [0.05, 0.1) is 6.26 Å². The summed E-state index contributed by atoms with van der Waals surface area (Å²) in [5.41, 5.74) is 2.12. The van der Waals surface area contributed by atoms with Gasteiger partial charge in [0.25, 0.3) is 5.91 Å². The van der Waals surface area contributed by atoms with Crippen molar-refractivity contribution in [3.63, 3.8) is 0 Å². The van der Waals surface area contributed by atoms with Gasteiger partial charge in [-0.1, -0.05) is 0 Å². The van der Waals surface area contributed by atoms with Crippen molar-refractivity contribution in [2.75, 3.05) is 27.2 Å². The van der Waals surface area contributed by atoms with Gasteiger partial charge in [0.2, 0.25) is 0 Å². The summed E-state index contributed by atoms with van der Waals surface area (Å²) in [5, 5.41) is 10.4. The molecule has 2 aromatic heterocycles. The van der Waals surface area contributed by atoms with E-state index in [1.165, 1.54) is 11.8 Å². The molecular weight excluding hydrogens is 324 g/mol. The molecule has 2 N–H and O–H groups in total. The van der Waals surface area contributed by atoms with Crippen LogP contribution in [0.1, 0.15) is 28.1 Å². The Labute approximate surface area is 146 Å². The summed E-state index contributed by atoms with van der Waals surface area (Å²) in [6, 6.07) is 3.89. The van der Waals surface area contributed by atoms with Crippen LogP contribution >= 0.6 is 11.3 Å². The van der Waals surface area contributed by atoms with Crippen LogP contribution in [0.2, 0.25) is 0 Å². The molecule has 2 aromatic rings. The minimum Gasteiger partial charge on any atom is -0.459 e. The molecule has 0 unspecified atom stereocenters. The van der Waals surface area contributed by atoms with Gasteiger partial charge in [0.15, 0.2) is 11.7 Å². The summed E-state index contributed by atoms with van der Waals surface area (Å²) in [7, 11) is 3.78. The van der Waals surface area contributed by atoms with Gasteiger partial charge in [0, 0.05) is 39.3 Å². The second kappa shape index (κ2) is 9.12. The van der Waals surface area contributed by atoms with Crippen LogP contribution in [0.3, 0.4) is 0 Å². The topological polar surface area (TPSA) is 69.9 Å². The van der Waals surface area contributed by atoms with E-state index >= 15 is 0 Å². The molecular formula is C17H24N4O2S. The number of guanidine groups is 1. The fourth-order valence-electron chi connectivity index (χ4n) is 2.29. The first-order valence-corrected chi connectivity index (χ1v) is 8.81. The van der Waals surface area contributed by atoms with Gasteiger partial charge in [-0.2, -0.15) is 11.3 Å². The molecule has 0 spiro atoms. The van der Waals surface area contributed by atoms with Crippen LogP contribution in [0, 0.1) is 6.92 Å². The van der Waals surface area contributed by atoms with Crippen molar-refractivity contribution in [1.82, 2.24) is 15.5 Å². The zero-order valence-electron chi connectivity index (χ0n) is 14.3. The van der Waals surface area contributed by atoms with Gasteiger partial charge >= 0.3 is 0 Å². The SMILES string of the molecule is CN=C(NCCCNC(=O)c1occc1C)N(C)Cc1ccsc1. The van der Waals surface area contributed by atoms with Gasteiger partial charge in [-0.05, 0) is 41.8 Å². The van der Waals surface area contributed by atoms with Gasteiger partial charge in [-0.3, -0.25) is 9.79 Å². The molecule has 0 aromatic carbocycles. The summed E-state index contributed by atoms with van der Waals surface area (Å²) in [6.07, 6.45) is 2.33. The van der Waals surface area contributed by atoms with Gasteiger partial charge in [-0.25, -0.2) is 0 Å². The molecule has 24 heavy (non-hydrogen) atoms. The number of aryl methyl sites for hydroxylation is 1. The van der Waals surface area contributed by atoms with E-state index in [0.29, 0.717) is 12.3 Å². The van der Waals surface area contributed by atoms with E-state index in [0.717, 1.165) is 31.0 Å². The second-order valence-electron chi connectivity index (χ2n) is 5.50. The zero-order valence-corrected chi connectivity index (χ0v) is 15.2. The number of hydrogen-bond donors (Lipinski definition) is 2. The summed E-state index contributed by atoms with van der Waals surface area (Å²) < 4.78 is 5.17. The molecule has 0 fully saturated rings. The molecule has 0 atom stereocenters. The molecule has 130 valence electrons. The van der Waals surface area contributed by atoms with Crippen LogP contribution in [-0.2, 0) is 6.54 Å². The summed E-state index contributed by atoms with van der Waals surface area (Å²) in [4.78, 5) is 18.3. The minimum absolute atomic E-state index is 0.170. The second-order valence-corrected chi connectivity index (χ2v) is 6.28. The Bertz CT molecular complexity index is 664. The van der Waals surface area contributed by atoms with E-state index in [9.17, 15) is 4.79 Å². The summed E-state index contributed by atoms with van der Waals surface area (Å²) in [5.74, 6) is 1.06. The zero-order chi connectivity index (χ0) is 17.4. The molecule has 0 radical (unpaired) electrons. The Morgan fingerprint density at radius 2 is 2.12 bits per heavy atom. The fourth-order valence-corrected chi connectivity index (χ4v) is 2.95. The lowest BCUT2D eigenvalue weighted by atomic mass is 10.2. The molecule has 0 saturated carbocycles. The third kappa shape index (κ3) is 5.13. The smallest absolute Gasteiger partial charge is 0.287 e. The maximum atomic E-state index is 11.9. The lowest BCUT2D eigenvalue weighted by Crippen LogP contribution is -2.39. The number of thiophene rings is 1. The molecule has 0 bridgehead atoms. The van der Waals surface area contributed by atoms with Crippen molar-refractivity contribution in [2.24, 2.45) is 4.99 Å². The number of hydrogen-bond acceptors (Lipinski definition) is 4. The van der Waals surface area contributed by atoms with Crippen LogP contribution in [0.25, 0.3) is 0 Å². The average molecular weight is 348 g/mol. The highest BCUT2D eigenvalue weighted by Crippen LogP contribution is 2.09. The average Bonchev–Trinajstić information content (AvgIpc) is 3.22. The Morgan fingerprint density at radius 1 is 1.33 bits per heavy atom. The molecule has 0 aliphatic carbocycles. The number of carbonyl (C=O) groups excluding carboxylic acids is 1. The van der Waals surface area contributed by atoms with Crippen LogP contribution in [0.15, 0.2) is 38.6 Å². The van der Waals surface area contributed by atoms with E-state index in [1.807, 2.05) is 14.0 Å². The minimum atomic E-state index is -0.170. The Kier molecular flexibility index (Phi) is 6.87. The van der Waals surface area contributed by atoms with Crippen LogP contribution in [0.5, 0.6) is 0 Å². The number of rotatable bonds is 7. The number of aliphatic imine (C=N–C) groups is 1. The highest BCUT2D eigenvalue weighted by molar-refractivity contribution is 7.07. The summed E-state index contributed by atoms with van der Waals surface area (Å²) in [6.45, 7) is 3.99. The number of carbonyl (C=O) groups is 1.